The van der Waals surface area contributed by atoms with Gasteiger partial charge in [0.05, 0.1) is 72.4 Å². The Kier molecular flexibility index (Phi) is 15.5. The van der Waals surface area contributed by atoms with Gasteiger partial charge in [0, 0.05) is 55.2 Å². The van der Waals surface area contributed by atoms with Crippen molar-refractivity contribution in [2.45, 2.75) is 142 Å². The fraction of sp³-hybridized carbons (Fsp3) is 0.500. The number of benzene rings is 2. The molecule has 2 aromatic carbocycles. The minimum Gasteiger partial charge on any atom is -0.405 e. The van der Waals surface area contributed by atoms with Crippen LogP contribution < -0.4 is 16.6 Å². The van der Waals surface area contributed by atoms with Crippen LogP contribution in [0.4, 0.5) is 0 Å². The Labute approximate surface area is 455 Å². The molecule has 0 bridgehead atoms. The Hall–Kier alpha value is -4.89. The van der Waals surface area contributed by atoms with Gasteiger partial charge in [-0.1, -0.05) is 64.5 Å². The third kappa shape index (κ3) is 11.1. The van der Waals surface area contributed by atoms with E-state index in [0.29, 0.717) is 50.3 Å². The molecule has 0 aliphatic carbocycles. The summed E-state index contributed by atoms with van der Waals surface area (Å²) in [5, 5.41) is 0. The number of halogens is 1. The van der Waals surface area contributed by atoms with Crippen LogP contribution in [0.25, 0.3) is 22.2 Å². The highest BCUT2D eigenvalue weighted by Crippen LogP contribution is 2.43. The molecule has 9 heterocycles. The largest absolute Gasteiger partial charge is 0.494 e. The molecule has 76 heavy (non-hydrogen) atoms. The van der Waals surface area contributed by atoms with Crippen LogP contribution >= 0.6 is 15.9 Å². The molecule has 0 radical (unpaired) electrons. The SMILES string of the molecule is CC1(C)OB(B2OC(C)(C)C(C)(C)O2)OC1(C)C.Cn1c(Cc2ccc(B3OC(C)(C)C(C)(C)O3)cc2)cn2c(C3=CCOCC3)ncc2c1=O.Cn1c(Cc2ccc(Br)cc2)cn2c(C3=CCOCC3)ncc2c1=O. The summed E-state index contributed by atoms with van der Waals surface area (Å²) in [6, 6.07) is 16.4. The van der Waals surface area contributed by atoms with Gasteiger partial charge in [-0.2, -0.15) is 0 Å². The van der Waals surface area contributed by atoms with E-state index >= 15 is 0 Å². The second-order valence-corrected chi connectivity index (χ2v) is 24.2. The first-order chi connectivity index (χ1) is 35.7. The molecule has 3 saturated heterocycles. The summed E-state index contributed by atoms with van der Waals surface area (Å²) in [4.78, 5) is 34.8. The predicted molar refractivity (Wildman–Crippen MR) is 302 cm³/mol. The van der Waals surface area contributed by atoms with E-state index in [1.807, 2.05) is 127 Å². The lowest BCUT2D eigenvalue weighted by atomic mass is 9.49. The molecule has 11 rings (SSSR count). The van der Waals surface area contributed by atoms with Gasteiger partial charge < -0.3 is 46.5 Å². The van der Waals surface area contributed by atoms with E-state index in [2.05, 4.69) is 77.9 Å². The van der Waals surface area contributed by atoms with Crippen molar-refractivity contribution in [2.75, 3.05) is 26.4 Å². The molecule has 3 fully saturated rings. The number of fused-ring (bicyclic) bond motifs is 2. The Balaban J connectivity index is 0.000000146. The first-order valence-electron chi connectivity index (χ1n) is 26.2. The van der Waals surface area contributed by atoms with Crippen LogP contribution in [0, 0.1) is 0 Å². The van der Waals surface area contributed by atoms with Crippen LogP contribution in [0.3, 0.4) is 0 Å². The number of aromatic nitrogens is 6. The van der Waals surface area contributed by atoms with E-state index in [-0.39, 0.29) is 51.8 Å². The van der Waals surface area contributed by atoms with Gasteiger partial charge >= 0.3 is 21.1 Å². The minimum absolute atomic E-state index is 0.0268. The summed E-state index contributed by atoms with van der Waals surface area (Å²) in [5.74, 6) is 1.66. The molecule has 5 aliphatic rings. The fourth-order valence-corrected chi connectivity index (χ4v) is 9.70. The van der Waals surface area contributed by atoms with Crippen LogP contribution in [0.1, 0.15) is 130 Å². The smallest absolute Gasteiger partial charge is 0.405 e. The third-order valence-electron chi connectivity index (χ3n) is 16.5. The summed E-state index contributed by atoms with van der Waals surface area (Å²) in [6.07, 6.45) is 14.4. The normalized spacial score (nSPS) is 21.0. The van der Waals surface area contributed by atoms with E-state index in [4.69, 9.17) is 37.4 Å². The van der Waals surface area contributed by atoms with Gasteiger partial charge in [-0.05, 0) is 136 Å². The van der Waals surface area contributed by atoms with Gasteiger partial charge in [0.1, 0.15) is 22.7 Å². The highest BCUT2D eigenvalue weighted by Gasteiger charge is 2.63. The maximum Gasteiger partial charge on any atom is 0.494 e. The highest BCUT2D eigenvalue weighted by molar-refractivity contribution is 9.10. The van der Waals surface area contributed by atoms with Crippen LogP contribution in [-0.4, -0.2) is 109 Å². The molecule has 16 nitrogen and oxygen atoms in total. The molecule has 402 valence electrons. The van der Waals surface area contributed by atoms with Gasteiger partial charge in [0.25, 0.3) is 11.1 Å². The average Bonchev–Trinajstić information content (AvgIpc) is 4.15. The molecular formula is C56H72B3BrN6O10. The molecule has 4 aromatic heterocycles. The highest BCUT2D eigenvalue weighted by atomic mass is 79.9. The lowest BCUT2D eigenvalue weighted by Crippen LogP contribution is -2.41. The average molecular weight is 1100 g/mol. The van der Waals surface area contributed by atoms with E-state index in [9.17, 15) is 9.59 Å². The van der Waals surface area contributed by atoms with Gasteiger partial charge in [0.15, 0.2) is 0 Å². The van der Waals surface area contributed by atoms with E-state index < -0.39 is 14.0 Å². The first-order valence-corrected chi connectivity index (χ1v) is 27.0. The number of nitrogens with zero attached hydrogens (tertiary/aromatic N) is 6. The summed E-state index contributed by atoms with van der Waals surface area (Å²) < 4.78 is 55.3. The zero-order chi connectivity index (χ0) is 54.8. The lowest BCUT2D eigenvalue weighted by molar-refractivity contribution is 0.00578. The Morgan fingerprint density at radius 2 is 0.882 bits per heavy atom. The van der Waals surface area contributed by atoms with Crippen molar-refractivity contribution in [3.05, 3.63) is 145 Å². The van der Waals surface area contributed by atoms with Gasteiger partial charge in [-0.25, -0.2) is 9.97 Å². The van der Waals surface area contributed by atoms with Crippen molar-refractivity contribution in [1.29, 1.82) is 0 Å². The maximum absolute atomic E-state index is 13.0. The van der Waals surface area contributed by atoms with Crippen molar-refractivity contribution < 1.29 is 37.4 Å². The number of ether oxygens (including phenoxy) is 2. The molecule has 5 aliphatic heterocycles. The minimum atomic E-state index is -0.476. The monoisotopic (exact) mass is 1100 g/mol. The van der Waals surface area contributed by atoms with Crippen molar-refractivity contribution in [2.24, 2.45) is 14.1 Å². The Morgan fingerprint density at radius 1 is 0.526 bits per heavy atom. The van der Waals surface area contributed by atoms with Crippen molar-refractivity contribution >= 4 is 64.7 Å². The topological polar surface area (TPSA) is 152 Å². The van der Waals surface area contributed by atoms with E-state index in [0.717, 1.165) is 68.1 Å². The predicted octanol–water partition coefficient (Wildman–Crippen LogP) is 8.17. The molecular weight excluding hydrogens is 1030 g/mol. The van der Waals surface area contributed by atoms with Crippen LogP contribution in [0.2, 0.25) is 0 Å². The number of hydrogen-bond donors (Lipinski definition) is 0. The van der Waals surface area contributed by atoms with Crippen molar-refractivity contribution in [3.63, 3.8) is 0 Å². The first kappa shape index (κ1) is 55.9. The van der Waals surface area contributed by atoms with Gasteiger partial charge in [0.2, 0.25) is 0 Å². The summed E-state index contributed by atoms with van der Waals surface area (Å²) in [6.45, 7) is 27.0. The van der Waals surface area contributed by atoms with E-state index in [1.165, 1.54) is 0 Å². The summed E-state index contributed by atoms with van der Waals surface area (Å²) in [7, 11) is 2.30. The quantitative estimate of drug-likeness (QED) is 0.135. The second kappa shape index (κ2) is 21.1. The lowest BCUT2D eigenvalue weighted by Gasteiger charge is -2.32. The number of hydrogen-bond acceptors (Lipinski definition) is 12. The maximum atomic E-state index is 13.0. The molecule has 0 amide bonds. The molecule has 0 spiro atoms. The Bertz CT molecular complexity index is 3220. The zero-order valence-electron chi connectivity index (χ0n) is 46.6. The van der Waals surface area contributed by atoms with Gasteiger partial charge in [-0.3, -0.25) is 18.4 Å². The molecule has 0 unspecified atom stereocenters. The summed E-state index contributed by atoms with van der Waals surface area (Å²) in [5.41, 5.74) is 6.31. The van der Waals surface area contributed by atoms with Gasteiger partial charge in [-0.15, -0.1) is 0 Å². The van der Waals surface area contributed by atoms with E-state index in [1.54, 1.807) is 21.5 Å². The summed E-state index contributed by atoms with van der Waals surface area (Å²) >= 11 is 3.45. The zero-order valence-corrected chi connectivity index (χ0v) is 48.2. The standard InChI is InChI=1S/C25H30BN3O4.C19H18BrN3O2.C12H24B2O4/c1-24(2)25(3,4)33-26(32-24)19-8-6-17(7-9-19)14-20-16-29-21(23(30)28(20)5)15-27-22(29)18-10-12-31-13-11-18;1-22-16(10-13-2-4-15(20)5-3-13)12-23-17(19(22)24)11-21-18(23)14-6-8-25-9-7-14;1-9(2)10(3,4)16-13(15-9)14-17-11(5,6)12(7,8)18-14/h6-10,15-16H,11-14H2,1-5H3;2-6,11-12H,7-10H2,1H3;1-8H3. The third-order valence-corrected chi connectivity index (χ3v) is 17.0. The molecule has 0 atom stereocenters. The van der Waals surface area contributed by atoms with Crippen LogP contribution in [-0.2, 0) is 64.3 Å². The van der Waals surface area contributed by atoms with Crippen LogP contribution in [0.15, 0.2) is 99.5 Å². The Morgan fingerprint density at radius 3 is 1.24 bits per heavy atom. The molecule has 0 N–H and O–H groups in total. The number of rotatable bonds is 8. The fourth-order valence-electron chi connectivity index (χ4n) is 9.43. The molecule has 20 heteroatoms. The number of imidazole rings is 2. The second-order valence-electron chi connectivity index (χ2n) is 23.3. The molecule has 6 aromatic rings. The molecule has 0 saturated carbocycles. The van der Waals surface area contributed by atoms with Crippen molar-refractivity contribution in [1.82, 2.24) is 27.9 Å². The van der Waals surface area contributed by atoms with Crippen molar-refractivity contribution in [3.8, 4) is 0 Å². The van der Waals surface area contributed by atoms with Crippen LogP contribution in [0.5, 0.6) is 0 Å².